The van der Waals surface area contributed by atoms with Gasteiger partial charge in [-0.15, -0.1) is 0 Å². The lowest BCUT2D eigenvalue weighted by Gasteiger charge is -2.36. The van der Waals surface area contributed by atoms with Crippen LogP contribution in [0.5, 0.6) is 0 Å². The van der Waals surface area contributed by atoms with Crippen molar-refractivity contribution < 1.29 is 14.5 Å². The summed E-state index contributed by atoms with van der Waals surface area (Å²) in [4.78, 5) is 27.9. The highest BCUT2D eigenvalue weighted by atomic mass is 16.6. The first-order valence-electron chi connectivity index (χ1n) is 6.46. The predicted octanol–water partition coefficient (Wildman–Crippen LogP) is 1.63. The number of nitro groups is 1. The molecule has 7 nitrogen and oxygen atoms in total. The van der Waals surface area contributed by atoms with Gasteiger partial charge in [0.15, 0.2) is 0 Å². The number of carbonyl (C=O) groups is 1. The van der Waals surface area contributed by atoms with Crippen molar-refractivity contribution in [3.63, 3.8) is 0 Å². The highest BCUT2D eigenvalue weighted by molar-refractivity contribution is 5.73. The number of rotatable bonds is 3. The van der Waals surface area contributed by atoms with Gasteiger partial charge in [-0.25, -0.2) is 4.98 Å². The molecular formula is C13H17N3O4. The van der Waals surface area contributed by atoms with Gasteiger partial charge in [-0.1, -0.05) is 6.92 Å². The number of esters is 1. The van der Waals surface area contributed by atoms with E-state index in [1.807, 2.05) is 11.8 Å². The van der Waals surface area contributed by atoms with Gasteiger partial charge < -0.3 is 9.64 Å². The van der Waals surface area contributed by atoms with E-state index in [0.29, 0.717) is 25.3 Å². The summed E-state index contributed by atoms with van der Waals surface area (Å²) in [6, 6.07) is 3.09. The largest absolute Gasteiger partial charge is 0.469 e. The van der Waals surface area contributed by atoms with Gasteiger partial charge in [0.05, 0.1) is 18.0 Å². The number of anilines is 1. The monoisotopic (exact) mass is 279 g/mol. The number of pyridine rings is 1. The fourth-order valence-corrected chi connectivity index (χ4v) is 2.53. The van der Waals surface area contributed by atoms with E-state index in [9.17, 15) is 14.9 Å². The third-order valence-electron chi connectivity index (χ3n) is 3.68. The molecule has 0 aliphatic carbocycles. The molecule has 1 aromatic rings. The summed E-state index contributed by atoms with van der Waals surface area (Å²) in [6.07, 6.45) is 1.96. The smallest absolute Gasteiger partial charge is 0.309 e. The molecule has 0 amide bonds. The second kappa shape index (κ2) is 5.85. The lowest BCUT2D eigenvalue weighted by atomic mass is 9.87. The van der Waals surface area contributed by atoms with Gasteiger partial charge in [0.25, 0.3) is 5.69 Å². The van der Waals surface area contributed by atoms with Crippen LogP contribution in [0.1, 0.15) is 13.3 Å². The van der Waals surface area contributed by atoms with E-state index in [2.05, 4.69) is 4.98 Å². The minimum Gasteiger partial charge on any atom is -0.469 e. The number of ether oxygens (including phenoxy) is 1. The van der Waals surface area contributed by atoms with Crippen LogP contribution in [0.3, 0.4) is 0 Å². The summed E-state index contributed by atoms with van der Waals surface area (Å²) in [5.41, 5.74) is -0.0220. The van der Waals surface area contributed by atoms with E-state index in [1.165, 1.54) is 19.4 Å². The number of piperidine rings is 1. The molecule has 108 valence electrons. The van der Waals surface area contributed by atoms with E-state index in [1.54, 1.807) is 6.07 Å². The molecule has 0 unspecified atom stereocenters. The van der Waals surface area contributed by atoms with E-state index in [4.69, 9.17) is 4.74 Å². The zero-order chi connectivity index (χ0) is 14.7. The topological polar surface area (TPSA) is 85.6 Å². The summed E-state index contributed by atoms with van der Waals surface area (Å²) in [6.45, 7) is 3.37. The number of carbonyl (C=O) groups excluding carboxylic acids is 1. The van der Waals surface area contributed by atoms with Crippen molar-refractivity contribution in [2.75, 3.05) is 25.1 Å². The average Bonchev–Trinajstić information content (AvgIpc) is 2.46. The first-order chi connectivity index (χ1) is 9.52. The van der Waals surface area contributed by atoms with Crippen molar-refractivity contribution in [3.8, 4) is 0 Å². The lowest BCUT2D eigenvalue weighted by Crippen LogP contribution is -2.42. The van der Waals surface area contributed by atoms with Crippen molar-refractivity contribution in [2.45, 2.75) is 13.3 Å². The Labute approximate surface area is 116 Å². The maximum Gasteiger partial charge on any atom is 0.309 e. The van der Waals surface area contributed by atoms with Gasteiger partial charge >= 0.3 is 5.97 Å². The SMILES string of the molecule is COC(=O)[C@H]1CCN(c2ccc([N+](=O)[O-])cn2)C[C@H]1C. The molecule has 7 heteroatoms. The summed E-state index contributed by atoms with van der Waals surface area (Å²) >= 11 is 0. The molecule has 1 saturated heterocycles. The maximum absolute atomic E-state index is 11.6. The van der Waals surface area contributed by atoms with Gasteiger partial charge in [0.1, 0.15) is 12.0 Å². The Balaban J connectivity index is 2.05. The van der Waals surface area contributed by atoms with Crippen LogP contribution in [-0.4, -0.2) is 36.1 Å². The van der Waals surface area contributed by atoms with E-state index in [0.717, 1.165) is 0 Å². The molecule has 1 aliphatic heterocycles. The summed E-state index contributed by atoms with van der Waals surface area (Å²) < 4.78 is 4.80. The van der Waals surface area contributed by atoms with Crippen LogP contribution >= 0.6 is 0 Å². The fraction of sp³-hybridized carbons (Fsp3) is 0.538. The number of nitrogens with zero attached hydrogens (tertiary/aromatic N) is 3. The zero-order valence-electron chi connectivity index (χ0n) is 11.5. The molecule has 1 aliphatic rings. The number of aromatic nitrogens is 1. The van der Waals surface area contributed by atoms with E-state index < -0.39 is 4.92 Å². The van der Waals surface area contributed by atoms with E-state index >= 15 is 0 Å². The van der Waals surface area contributed by atoms with Crippen LogP contribution < -0.4 is 4.90 Å². The van der Waals surface area contributed by atoms with Gasteiger partial charge in [-0.05, 0) is 18.4 Å². The highest BCUT2D eigenvalue weighted by Crippen LogP contribution is 2.27. The standard InChI is InChI=1S/C13H17N3O4/c1-9-8-15(6-5-11(9)13(17)20-2)12-4-3-10(7-14-12)16(18)19/h3-4,7,9,11H,5-6,8H2,1-2H3/t9-,11+/m1/s1. The molecule has 0 N–H and O–H groups in total. The Morgan fingerprint density at radius 1 is 1.55 bits per heavy atom. The molecule has 0 saturated carbocycles. The summed E-state index contributed by atoms with van der Waals surface area (Å²) in [5.74, 6) is 0.599. The minimum atomic E-state index is -0.469. The first kappa shape index (κ1) is 14.2. The third kappa shape index (κ3) is 2.87. The Morgan fingerprint density at radius 3 is 2.80 bits per heavy atom. The Morgan fingerprint density at radius 2 is 2.30 bits per heavy atom. The molecule has 2 rings (SSSR count). The normalized spacial score (nSPS) is 22.4. The molecule has 1 aromatic heterocycles. The van der Waals surface area contributed by atoms with Crippen LogP contribution in [0.15, 0.2) is 18.3 Å². The van der Waals surface area contributed by atoms with Crippen LogP contribution in [0.2, 0.25) is 0 Å². The minimum absolute atomic E-state index is 0.0220. The first-order valence-corrected chi connectivity index (χ1v) is 6.46. The van der Waals surface area contributed by atoms with Crippen LogP contribution in [0.25, 0.3) is 0 Å². The van der Waals surface area contributed by atoms with Crippen molar-refractivity contribution in [3.05, 3.63) is 28.4 Å². The quantitative estimate of drug-likeness (QED) is 0.475. The Kier molecular flexibility index (Phi) is 4.16. The summed E-state index contributed by atoms with van der Waals surface area (Å²) in [5, 5.41) is 10.6. The summed E-state index contributed by atoms with van der Waals surface area (Å²) in [7, 11) is 1.40. The number of hydrogen-bond donors (Lipinski definition) is 0. The van der Waals surface area contributed by atoms with Gasteiger partial charge in [-0.2, -0.15) is 0 Å². The zero-order valence-corrected chi connectivity index (χ0v) is 11.5. The average molecular weight is 279 g/mol. The molecule has 0 bridgehead atoms. The van der Waals surface area contributed by atoms with Crippen LogP contribution in [0, 0.1) is 22.0 Å². The molecule has 2 atom stereocenters. The maximum atomic E-state index is 11.6. The highest BCUT2D eigenvalue weighted by Gasteiger charge is 2.32. The van der Waals surface area contributed by atoms with Crippen molar-refractivity contribution in [1.29, 1.82) is 0 Å². The third-order valence-corrected chi connectivity index (χ3v) is 3.68. The predicted molar refractivity (Wildman–Crippen MR) is 72.4 cm³/mol. The fourth-order valence-electron chi connectivity index (χ4n) is 2.53. The molecule has 2 heterocycles. The van der Waals surface area contributed by atoms with Gasteiger partial charge in [-0.3, -0.25) is 14.9 Å². The van der Waals surface area contributed by atoms with Crippen LogP contribution in [-0.2, 0) is 9.53 Å². The van der Waals surface area contributed by atoms with E-state index in [-0.39, 0.29) is 23.5 Å². The van der Waals surface area contributed by atoms with Gasteiger partial charge in [0.2, 0.25) is 0 Å². The van der Waals surface area contributed by atoms with Crippen molar-refractivity contribution in [2.24, 2.45) is 11.8 Å². The molecule has 1 fully saturated rings. The lowest BCUT2D eigenvalue weighted by molar-refractivity contribution is -0.385. The molecule has 20 heavy (non-hydrogen) atoms. The second-order valence-electron chi connectivity index (χ2n) is 4.97. The molecule has 0 aromatic carbocycles. The molecule has 0 spiro atoms. The van der Waals surface area contributed by atoms with Crippen LogP contribution in [0.4, 0.5) is 11.5 Å². The molecule has 0 radical (unpaired) electrons. The molecular weight excluding hydrogens is 262 g/mol. The Hall–Kier alpha value is -2.18. The van der Waals surface area contributed by atoms with Crippen molar-refractivity contribution >= 4 is 17.5 Å². The van der Waals surface area contributed by atoms with Gasteiger partial charge in [0, 0.05) is 19.2 Å². The van der Waals surface area contributed by atoms with Crippen molar-refractivity contribution in [1.82, 2.24) is 4.98 Å². The number of hydrogen-bond acceptors (Lipinski definition) is 6. The number of methoxy groups -OCH3 is 1. The second-order valence-corrected chi connectivity index (χ2v) is 4.97. The Bertz CT molecular complexity index is 503.